The number of amides is 1. The molecule has 1 aromatic heterocycles. The van der Waals surface area contributed by atoms with E-state index in [2.05, 4.69) is 34.4 Å². The average Bonchev–Trinajstić information content (AvgIpc) is 3.37. The number of thioether (sulfide) groups is 1. The van der Waals surface area contributed by atoms with E-state index in [9.17, 15) is 9.59 Å². The number of aromatic nitrogens is 1. The molecule has 1 amide bonds. The number of aryl methyl sites for hydroxylation is 1. The molecular formula is C35H49ClN4O4S. The summed E-state index contributed by atoms with van der Waals surface area (Å²) in [6, 6.07) is 5.47. The molecule has 2 saturated carbocycles. The number of carbonyl (C=O) groups is 1. The molecular weight excluding hydrogens is 608 g/mol. The van der Waals surface area contributed by atoms with Gasteiger partial charge < -0.3 is 25.1 Å². The summed E-state index contributed by atoms with van der Waals surface area (Å²) < 4.78 is 13.0. The summed E-state index contributed by atoms with van der Waals surface area (Å²) in [5, 5.41) is 7.02. The number of pyridine rings is 1. The van der Waals surface area contributed by atoms with Gasteiger partial charge in [0.25, 0.3) is 17.3 Å². The highest BCUT2D eigenvalue weighted by atomic mass is 35.5. The molecule has 1 unspecified atom stereocenters. The summed E-state index contributed by atoms with van der Waals surface area (Å²) in [6.07, 6.45) is 11.6. The minimum atomic E-state index is -0.822. The molecule has 246 valence electrons. The molecule has 1 aromatic carbocycles. The monoisotopic (exact) mass is 656 g/mol. The number of halogens is 1. The van der Waals surface area contributed by atoms with Crippen LogP contribution in [-0.2, 0) is 6.54 Å². The van der Waals surface area contributed by atoms with E-state index in [0.29, 0.717) is 56.8 Å². The van der Waals surface area contributed by atoms with Crippen molar-refractivity contribution in [1.29, 1.82) is 0 Å². The highest BCUT2D eigenvalue weighted by Gasteiger charge is 2.51. The zero-order valence-electron chi connectivity index (χ0n) is 27.6. The van der Waals surface area contributed by atoms with Gasteiger partial charge in [0.1, 0.15) is 0 Å². The Morgan fingerprint density at radius 2 is 1.76 bits per heavy atom. The van der Waals surface area contributed by atoms with E-state index in [1.165, 1.54) is 50.5 Å². The molecule has 1 spiro atoms. The number of nitrogens with zero attached hydrogens (tertiary/aromatic N) is 1. The van der Waals surface area contributed by atoms with Gasteiger partial charge in [-0.2, -0.15) is 0 Å². The standard InChI is InChI=1S/C35H49ClN4O4S/c1-20(2)38-24-11-13-35(14-12-24)18-40(19-35)25-9-7-23(8-10-25)34(5)43-30-22(4)26(16-28(36)31(30)44-34)32(41)37-17-27-29(45-6)15-21(3)39-33(27)42/h15-16,20,23-25,38H,7-14,17-19H2,1-6H3,(H,37,41)(H,39,42). The topological polar surface area (TPSA) is 95.7 Å². The first-order valence-electron chi connectivity index (χ1n) is 16.7. The Hall–Kier alpha value is -2.20. The molecule has 4 aliphatic rings. The summed E-state index contributed by atoms with van der Waals surface area (Å²) in [4.78, 5) is 32.3. The lowest BCUT2D eigenvalue weighted by atomic mass is 9.66. The van der Waals surface area contributed by atoms with Crippen molar-refractivity contribution in [2.75, 3.05) is 19.3 Å². The summed E-state index contributed by atoms with van der Waals surface area (Å²) in [7, 11) is 0. The van der Waals surface area contributed by atoms with Crippen molar-refractivity contribution in [3.8, 4) is 11.5 Å². The molecule has 0 bridgehead atoms. The zero-order chi connectivity index (χ0) is 32.1. The second-order valence-electron chi connectivity index (χ2n) is 14.4. The number of nitrogens with one attached hydrogen (secondary N) is 3. The molecule has 2 aliphatic carbocycles. The van der Waals surface area contributed by atoms with Crippen LogP contribution in [0.2, 0.25) is 5.02 Å². The minimum Gasteiger partial charge on any atom is -0.448 e. The first-order valence-corrected chi connectivity index (χ1v) is 18.3. The second-order valence-corrected chi connectivity index (χ2v) is 15.7. The van der Waals surface area contributed by atoms with E-state index in [0.717, 1.165) is 36.3 Å². The summed E-state index contributed by atoms with van der Waals surface area (Å²) >= 11 is 8.19. The minimum absolute atomic E-state index is 0.116. The van der Waals surface area contributed by atoms with Crippen LogP contribution in [-0.4, -0.2) is 59.0 Å². The van der Waals surface area contributed by atoms with Gasteiger partial charge in [0.15, 0.2) is 11.5 Å². The van der Waals surface area contributed by atoms with Gasteiger partial charge >= 0.3 is 0 Å². The fourth-order valence-corrected chi connectivity index (χ4v) is 9.21. The van der Waals surface area contributed by atoms with Crippen LogP contribution in [0.15, 0.2) is 21.8 Å². The summed E-state index contributed by atoms with van der Waals surface area (Å²) in [5.41, 5.74) is 2.79. The van der Waals surface area contributed by atoms with Gasteiger partial charge in [0, 0.05) is 77.9 Å². The summed E-state index contributed by atoms with van der Waals surface area (Å²) in [5.74, 6) is 0.167. The van der Waals surface area contributed by atoms with Crippen LogP contribution in [0, 0.1) is 25.2 Å². The Labute approximate surface area is 276 Å². The van der Waals surface area contributed by atoms with E-state index in [1.807, 2.05) is 33.1 Å². The van der Waals surface area contributed by atoms with Crippen molar-refractivity contribution in [1.82, 2.24) is 20.5 Å². The molecule has 2 aliphatic heterocycles. The number of rotatable bonds is 8. The smallest absolute Gasteiger partial charge is 0.254 e. The number of hydrogen-bond donors (Lipinski definition) is 3. The van der Waals surface area contributed by atoms with E-state index >= 15 is 0 Å². The first-order chi connectivity index (χ1) is 21.4. The maximum absolute atomic E-state index is 13.3. The number of hydrogen-bond acceptors (Lipinski definition) is 7. The van der Waals surface area contributed by atoms with Gasteiger partial charge in [-0.15, -0.1) is 11.8 Å². The van der Waals surface area contributed by atoms with Crippen molar-refractivity contribution >= 4 is 29.3 Å². The molecule has 3 N–H and O–H groups in total. The molecule has 3 heterocycles. The SMILES string of the molecule is CSc1cc(C)[nH]c(=O)c1CNC(=O)c1cc(Cl)c2c(c1C)OC(C)(C1CCC(N3CC4(CCC(NC(C)C)CC4)C3)CC1)O2. The van der Waals surface area contributed by atoms with Crippen molar-refractivity contribution in [3.63, 3.8) is 0 Å². The Kier molecular flexibility index (Phi) is 9.29. The van der Waals surface area contributed by atoms with Crippen LogP contribution >= 0.6 is 23.4 Å². The number of benzene rings is 1. The Bertz CT molecular complexity index is 1490. The third kappa shape index (κ3) is 6.52. The maximum Gasteiger partial charge on any atom is 0.254 e. The third-order valence-electron chi connectivity index (χ3n) is 10.8. The van der Waals surface area contributed by atoms with Crippen LogP contribution < -0.4 is 25.7 Å². The van der Waals surface area contributed by atoms with Crippen molar-refractivity contribution in [3.05, 3.63) is 49.9 Å². The quantitative estimate of drug-likeness (QED) is 0.276. The van der Waals surface area contributed by atoms with E-state index in [4.69, 9.17) is 21.1 Å². The van der Waals surface area contributed by atoms with Gasteiger partial charge in [-0.1, -0.05) is 25.4 Å². The fraction of sp³-hybridized carbons (Fsp3) is 0.657. The Morgan fingerprint density at radius 3 is 2.40 bits per heavy atom. The first kappa shape index (κ1) is 32.7. The van der Waals surface area contributed by atoms with Crippen LogP contribution in [0.1, 0.15) is 99.3 Å². The fourth-order valence-electron chi connectivity index (χ4n) is 8.27. The van der Waals surface area contributed by atoms with Gasteiger partial charge in [-0.3, -0.25) is 14.5 Å². The number of aromatic amines is 1. The molecule has 10 heteroatoms. The van der Waals surface area contributed by atoms with Gasteiger partial charge in [-0.05, 0) is 89.0 Å². The second kappa shape index (κ2) is 12.8. The lowest BCUT2D eigenvalue weighted by Gasteiger charge is -2.57. The third-order valence-corrected chi connectivity index (χ3v) is 11.9. The largest absolute Gasteiger partial charge is 0.448 e. The Balaban J connectivity index is 1.05. The molecule has 6 rings (SSSR count). The van der Waals surface area contributed by atoms with Crippen LogP contribution in [0.4, 0.5) is 0 Å². The van der Waals surface area contributed by atoms with Gasteiger partial charge in [-0.25, -0.2) is 0 Å². The number of ether oxygens (including phenoxy) is 2. The molecule has 3 fully saturated rings. The lowest BCUT2D eigenvalue weighted by Crippen LogP contribution is -2.62. The average molecular weight is 657 g/mol. The van der Waals surface area contributed by atoms with Gasteiger partial charge in [0.2, 0.25) is 0 Å². The van der Waals surface area contributed by atoms with E-state index < -0.39 is 5.79 Å². The number of likely N-dealkylation sites (tertiary alicyclic amines) is 1. The Morgan fingerprint density at radius 1 is 1.09 bits per heavy atom. The molecule has 8 nitrogen and oxygen atoms in total. The number of H-pyrrole nitrogens is 1. The van der Waals surface area contributed by atoms with Crippen molar-refractivity contribution in [2.45, 2.75) is 121 Å². The van der Waals surface area contributed by atoms with Crippen LogP contribution in [0.3, 0.4) is 0 Å². The van der Waals surface area contributed by atoms with Crippen LogP contribution in [0.5, 0.6) is 11.5 Å². The zero-order valence-corrected chi connectivity index (χ0v) is 29.2. The predicted molar refractivity (Wildman–Crippen MR) is 181 cm³/mol. The molecule has 0 radical (unpaired) electrons. The van der Waals surface area contributed by atoms with Crippen LogP contribution in [0.25, 0.3) is 0 Å². The predicted octanol–water partition coefficient (Wildman–Crippen LogP) is 6.59. The highest BCUT2D eigenvalue weighted by molar-refractivity contribution is 7.98. The van der Waals surface area contributed by atoms with E-state index in [1.54, 1.807) is 6.07 Å². The number of fused-ring (bicyclic) bond motifs is 1. The normalized spacial score (nSPS) is 26.3. The molecule has 2 aromatic rings. The van der Waals surface area contributed by atoms with Gasteiger partial charge in [0.05, 0.1) is 5.02 Å². The molecule has 1 atom stereocenters. The molecule has 1 saturated heterocycles. The van der Waals surface area contributed by atoms with Crippen molar-refractivity contribution < 1.29 is 14.3 Å². The maximum atomic E-state index is 13.3. The van der Waals surface area contributed by atoms with E-state index in [-0.39, 0.29) is 23.9 Å². The summed E-state index contributed by atoms with van der Waals surface area (Å²) in [6.45, 7) is 12.9. The lowest BCUT2D eigenvalue weighted by molar-refractivity contribution is -0.132. The highest BCUT2D eigenvalue weighted by Crippen LogP contribution is 2.53. The molecule has 45 heavy (non-hydrogen) atoms. The van der Waals surface area contributed by atoms with Crippen molar-refractivity contribution in [2.24, 2.45) is 11.3 Å². The number of carbonyl (C=O) groups excluding carboxylic acids is 1.